The average molecular weight is 466 g/mol. The van der Waals surface area contributed by atoms with Gasteiger partial charge < -0.3 is 13.7 Å². The van der Waals surface area contributed by atoms with Crippen LogP contribution in [0.2, 0.25) is 0 Å². The molecule has 5 aromatic rings. The monoisotopic (exact) mass is 465 g/mol. The van der Waals surface area contributed by atoms with E-state index in [-0.39, 0.29) is 5.76 Å². The van der Waals surface area contributed by atoms with Crippen LogP contribution in [0, 0.1) is 13.8 Å². The van der Waals surface area contributed by atoms with Gasteiger partial charge in [-0.25, -0.2) is 4.79 Å². The van der Waals surface area contributed by atoms with Gasteiger partial charge >= 0.3 is 5.76 Å². The lowest BCUT2D eigenvalue weighted by Gasteiger charge is -2.23. The van der Waals surface area contributed by atoms with E-state index < -0.39 is 6.23 Å². The lowest BCUT2D eigenvalue weighted by molar-refractivity contribution is 0.169. The van der Waals surface area contributed by atoms with Crippen molar-refractivity contribution in [2.75, 3.05) is 4.90 Å². The lowest BCUT2D eigenvalue weighted by atomic mass is 9.96. The van der Waals surface area contributed by atoms with Crippen LogP contribution in [0.25, 0.3) is 22.2 Å². The van der Waals surface area contributed by atoms with Crippen LogP contribution in [0.1, 0.15) is 28.6 Å². The van der Waals surface area contributed by atoms with E-state index in [4.69, 9.17) is 13.7 Å². The number of benzene rings is 3. The molecule has 7 nitrogen and oxygen atoms in total. The number of fused-ring (bicyclic) bond motifs is 1. The quantitative estimate of drug-likeness (QED) is 0.321. The van der Waals surface area contributed by atoms with Gasteiger partial charge in [0.2, 0.25) is 12.1 Å². The van der Waals surface area contributed by atoms with Crippen molar-refractivity contribution in [3.8, 4) is 11.1 Å². The smallest absolute Gasteiger partial charge is 0.420 e. The molecule has 2 aromatic heterocycles. The van der Waals surface area contributed by atoms with Gasteiger partial charge in [-0.1, -0.05) is 59.8 Å². The Bertz CT molecular complexity index is 1610. The number of aryl methyl sites for hydroxylation is 1. The highest BCUT2D eigenvalue weighted by Crippen LogP contribution is 2.37. The van der Waals surface area contributed by atoms with E-state index in [2.05, 4.69) is 29.4 Å². The Kier molecular flexibility index (Phi) is 5.03. The number of anilines is 1. The van der Waals surface area contributed by atoms with Gasteiger partial charge in [-0.3, -0.25) is 9.47 Å². The average Bonchev–Trinajstić information content (AvgIpc) is 3.58. The molecule has 0 amide bonds. The largest absolute Gasteiger partial charge is 0.472 e. The SMILES string of the molecule is Cc1noc(N2C=COC2c2ccc(-c3ccccc3)c(Cn3c(=O)oc4ccccc43)c2)c1C. The van der Waals surface area contributed by atoms with Gasteiger partial charge in [0.25, 0.3) is 0 Å². The number of ether oxygens (including phenoxy) is 1. The summed E-state index contributed by atoms with van der Waals surface area (Å²) in [5.41, 5.74) is 7.14. The highest BCUT2D eigenvalue weighted by molar-refractivity contribution is 5.73. The molecule has 0 bridgehead atoms. The predicted molar refractivity (Wildman–Crippen MR) is 133 cm³/mol. The lowest BCUT2D eigenvalue weighted by Crippen LogP contribution is -2.21. The number of oxazole rings is 1. The maximum absolute atomic E-state index is 12.7. The second-order valence-corrected chi connectivity index (χ2v) is 8.58. The summed E-state index contributed by atoms with van der Waals surface area (Å²) in [5.74, 6) is 0.260. The Balaban J connectivity index is 1.46. The highest BCUT2D eigenvalue weighted by Gasteiger charge is 2.29. The van der Waals surface area contributed by atoms with Crippen molar-refractivity contribution >= 4 is 17.0 Å². The molecule has 174 valence electrons. The summed E-state index contributed by atoms with van der Waals surface area (Å²) in [6.45, 7) is 4.25. The van der Waals surface area contributed by atoms with E-state index in [0.29, 0.717) is 18.0 Å². The molecule has 1 aliphatic heterocycles. The van der Waals surface area contributed by atoms with Crippen LogP contribution in [0.4, 0.5) is 5.88 Å². The standard InChI is InChI=1S/C28H23N3O4/c1-18-19(2)29-35-26(18)30-14-15-33-27(30)21-12-13-23(20-8-4-3-5-9-20)22(16-21)17-31-24-10-6-7-11-25(24)34-28(31)32/h3-16,27H,17H2,1-2H3. The number of aromatic nitrogens is 2. The van der Waals surface area contributed by atoms with Gasteiger partial charge in [-0.15, -0.1) is 0 Å². The van der Waals surface area contributed by atoms with Crippen molar-refractivity contribution in [2.45, 2.75) is 26.6 Å². The fourth-order valence-corrected chi connectivity index (χ4v) is 4.51. The van der Waals surface area contributed by atoms with Gasteiger partial charge in [0, 0.05) is 17.3 Å². The molecule has 35 heavy (non-hydrogen) atoms. The van der Waals surface area contributed by atoms with Crippen LogP contribution < -0.4 is 10.7 Å². The molecule has 0 spiro atoms. The van der Waals surface area contributed by atoms with Crippen LogP contribution in [0.3, 0.4) is 0 Å². The molecule has 0 saturated heterocycles. The molecule has 0 radical (unpaired) electrons. The van der Waals surface area contributed by atoms with E-state index >= 15 is 0 Å². The summed E-state index contributed by atoms with van der Waals surface area (Å²) in [5, 5.41) is 4.09. The Labute approximate surface area is 201 Å². The van der Waals surface area contributed by atoms with Crippen LogP contribution >= 0.6 is 0 Å². The second kappa shape index (κ2) is 8.36. The zero-order valence-electron chi connectivity index (χ0n) is 19.3. The third-order valence-electron chi connectivity index (χ3n) is 6.45. The molecule has 7 heteroatoms. The van der Waals surface area contributed by atoms with Crippen LogP contribution in [0.15, 0.2) is 99.0 Å². The van der Waals surface area contributed by atoms with E-state index in [1.54, 1.807) is 16.9 Å². The molecule has 3 heterocycles. The summed E-state index contributed by atoms with van der Waals surface area (Å²) < 4.78 is 18.7. The van der Waals surface area contributed by atoms with Crippen molar-refractivity contribution in [1.29, 1.82) is 0 Å². The van der Waals surface area contributed by atoms with Crippen molar-refractivity contribution in [3.05, 3.63) is 118 Å². The Morgan fingerprint density at radius 3 is 2.57 bits per heavy atom. The molecular formula is C28H23N3O4. The normalized spacial score (nSPS) is 15.1. The van der Waals surface area contributed by atoms with E-state index in [0.717, 1.165) is 39.0 Å². The zero-order valence-corrected chi connectivity index (χ0v) is 19.3. The number of hydrogen-bond donors (Lipinski definition) is 0. The minimum absolute atomic E-state index is 0.356. The fourth-order valence-electron chi connectivity index (χ4n) is 4.51. The molecule has 1 unspecified atom stereocenters. The fraction of sp³-hybridized carbons (Fsp3) is 0.143. The van der Waals surface area contributed by atoms with E-state index in [1.807, 2.05) is 67.4 Å². The summed E-state index contributed by atoms with van der Waals surface area (Å²) >= 11 is 0. The molecule has 0 saturated carbocycles. The van der Waals surface area contributed by atoms with Crippen LogP contribution in [0.5, 0.6) is 0 Å². The van der Waals surface area contributed by atoms with E-state index in [1.165, 1.54) is 0 Å². The molecule has 0 N–H and O–H groups in total. The first kappa shape index (κ1) is 21.0. The van der Waals surface area contributed by atoms with Gasteiger partial charge in [0.1, 0.15) is 6.26 Å². The topological polar surface area (TPSA) is 73.6 Å². The maximum Gasteiger partial charge on any atom is 0.420 e. The first-order chi connectivity index (χ1) is 17.1. The van der Waals surface area contributed by atoms with Crippen molar-refractivity contribution < 1.29 is 13.7 Å². The molecule has 0 aliphatic carbocycles. The molecule has 6 rings (SSSR count). The zero-order chi connectivity index (χ0) is 23.9. The molecule has 3 aromatic carbocycles. The predicted octanol–water partition coefficient (Wildman–Crippen LogP) is 5.92. The minimum atomic E-state index is -0.414. The number of rotatable bonds is 5. The summed E-state index contributed by atoms with van der Waals surface area (Å²) in [6, 6.07) is 23.8. The van der Waals surface area contributed by atoms with Crippen molar-refractivity contribution in [3.63, 3.8) is 0 Å². The second-order valence-electron chi connectivity index (χ2n) is 8.58. The van der Waals surface area contributed by atoms with Crippen molar-refractivity contribution in [2.24, 2.45) is 0 Å². The van der Waals surface area contributed by atoms with E-state index in [9.17, 15) is 4.79 Å². The van der Waals surface area contributed by atoms with Crippen LogP contribution in [-0.4, -0.2) is 9.72 Å². The third kappa shape index (κ3) is 3.61. The first-order valence-corrected chi connectivity index (χ1v) is 11.4. The number of para-hydroxylation sites is 2. The summed E-state index contributed by atoms with van der Waals surface area (Å²) in [6.07, 6.45) is 3.08. The Morgan fingerprint density at radius 1 is 0.971 bits per heavy atom. The third-order valence-corrected chi connectivity index (χ3v) is 6.45. The summed E-state index contributed by atoms with van der Waals surface area (Å²) in [7, 11) is 0. The van der Waals surface area contributed by atoms with Gasteiger partial charge in [-0.2, -0.15) is 0 Å². The highest BCUT2D eigenvalue weighted by atomic mass is 16.5. The van der Waals surface area contributed by atoms with Crippen LogP contribution in [-0.2, 0) is 11.3 Å². The molecule has 1 aliphatic rings. The molecule has 0 fully saturated rings. The minimum Gasteiger partial charge on any atom is -0.472 e. The Morgan fingerprint density at radius 2 is 1.77 bits per heavy atom. The number of nitrogens with zero attached hydrogens (tertiary/aromatic N) is 3. The molecular weight excluding hydrogens is 442 g/mol. The number of hydrogen-bond acceptors (Lipinski definition) is 6. The maximum atomic E-state index is 12.7. The van der Waals surface area contributed by atoms with Gasteiger partial charge in [0.15, 0.2) is 5.58 Å². The summed E-state index contributed by atoms with van der Waals surface area (Å²) in [4.78, 5) is 14.7. The van der Waals surface area contributed by atoms with Gasteiger partial charge in [-0.05, 0) is 48.7 Å². The van der Waals surface area contributed by atoms with Gasteiger partial charge in [0.05, 0.1) is 17.8 Å². The van der Waals surface area contributed by atoms with Crippen molar-refractivity contribution in [1.82, 2.24) is 9.72 Å². The Hall–Kier alpha value is -4.52. The first-order valence-electron chi connectivity index (χ1n) is 11.4. The molecule has 1 atom stereocenters.